The number of fused-ring (bicyclic) bond motifs is 1. The molecule has 6 nitrogen and oxygen atoms in total. The Labute approximate surface area is 186 Å². The molecule has 0 fully saturated rings. The van der Waals surface area contributed by atoms with Crippen molar-refractivity contribution in [3.63, 3.8) is 0 Å². The molecule has 0 spiro atoms. The van der Waals surface area contributed by atoms with E-state index in [1.807, 2.05) is 32.9 Å². The number of carbonyl (C=O) groups is 2. The fourth-order valence-corrected chi connectivity index (χ4v) is 3.79. The second-order valence-electron chi connectivity index (χ2n) is 7.86. The molecule has 2 amide bonds. The number of nitrogens with zero attached hydrogens (tertiary/aromatic N) is 1. The van der Waals surface area contributed by atoms with Crippen molar-refractivity contribution in [3.05, 3.63) is 75.7 Å². The van der Waals surface area contributed by atoms with Crippen LogP contribution in [0, 0.1) is 5.92 Å². The second-order valence-corrected chi connectivity index (χ2v) is 8.30. The molecule has 0 aliphatic carbocycles. The number of hydrogen-bond acceptors (Lipinski definition) is 3. The van der Waals surface area contributed by atoms with Gasteiger partial charge in [0.05, 0.1) is 5.92 Å². The zero-order valence-electron chi connectivity index (χ0n) is 18.0. The van der Waals surface area contributed by atoms with Gasteiger partial charge in [0.25, 0.3) is 5.56 Å². The number of aromatic nitrogens is 1. The van der Waals surface area contributed by atoms with Gasteiger partial charge in [0, 0.05) is 34.7 Å². The Balaban J connectivity index is 1.97. The Hall–Kier alpha value is -3.12. The predicted octanol–water partition coefficient (Wildman–Crippen LogP) is 4.34. The summed E-state index contributed by atoms with van der Waals surface area (Å²) in [5.74, 6) is -0.883. The molecular formula is C24H26ClN3O3. The summed E-state index contributed by atoms with van der Waals surface area (Å²) in [6, 6.07) is 13.5. The Morgan fingerprint density at radius 3 is 2.23 bits per heavy atom. The highest BCUT2D eigenvalue weighted by molar-refractivity contribution is 6.30. The van der Waals surface area contributed by atoms with Crippen LogP contribution in [0.15, 0.2) is 59.5 Å². The lowest BCUT2D eigenvalue weighted by molar-refractivity contribution is -0.125. The van der Waals surface area contributed by atoms with Gasteiger partial charge in [-0.3, -0.25) is 14.4 Å². The van der Waals surface area contributed by atoms with Crippen molar-refractivity contribution < 1.29 is 9.59 Å². The standard InChI is InChI=1S/C24H26ClN3O3/c1-14(2)21(23(30)26-4)28-13-12-18-19(24(28)31)6-5-7-20(18)27-22(29)15(3)16-8-10-17(25)11-9-16/h5-15,21H,1-4H3,(H,26,30)(H,27,29). The van der Waals surface area contributed by atoms with Gasteiger partial charge in [0.15, 0.2) is 0 Å². The van der Waals surface area contributed by atoms with E-state index in [-0.39, 0.29) is 23.3 Å². The molecule has 0 radical (unpaired) electrons. The van der Waals surface area contributed by atoms with Crippen LogP contribution in [0.3, 0.4) is 0 Å². The maximum Gasteiger partial charge on any atom is 0.259 e. The summed E-state index contributed by atoms with van der Waals surface area (Å²) in [5, 5.41) is 7.23. The Kier molecular flexibility index (Phi) is 6.81. The van der Waals surface area contributed by atoms with Gasteiger partial charge >= 0.3 is 0 Å². The summed E-state index contributed by atoms with van der Waals surface area (Å²) in [4.78, 5) is 38.4. The molecule has 1 heterocycles. The minimum absolute atomic E-state index is 0.0711. The first-order valence-electron chi connectivity index (χ1n) is 10.2. The Morgan fingerprint density at radius 1 is 0.935 bits per heavy atom. The molecular weight excluding hydrogens is 414 g/mol. The van der Waals surface area contributed by atoms with E-state index in [0.29, 0.717) is 21.5 Å². The van der Waals surface area contributed by atoms with E-state index in [1.165, 1.54) is 4.57 Å². The number of carbonyl (C=O) groups excluding carboxylic acids is 2. The predicted molar refractivity (Wildman–Crippen MR) is 125 cm³/mol. The average Bonchev–Trinajstić information content (AvgIpc) is 2.75. The molecule has 2 aromatic carbocycles. The first kappa shape index (κ1) is 22.6. The van der Waals surface area contributed by atoms with E-state index >= 15 is 0 Å². The summed E-state index contributed by atoms with van der Waals surface area (Å²) < 4.78 is 1.45. The normalized spacial score (nSPS) is 13.1. The molecule has 3 aromatic rings. The molecule has 2 N–H and O–H groups in total. The molecule has 2 unspecified atom stereocenters. The van der Waals surface area contributed by atoms with Crippen LogP contribution in [0.1, 0.15) is 38.3 Å². The largest absolute Gasteiger partial charge is 0.357 e. The SMILES string of the molecule is CNC(=O)C(C(C)C)n1ccc2c(NC(=O)C(C)c3ccc(Cl)cc3)cccc2c1=O. The number of halogens is 1. The van der Waals surface area contributed by atoms with Crippen LogP contribution >= 0.6 is 11.6 Å². The molecule has 0 bridgehead atoms. The highest BCUT2D eigenvalue weighted by atomic mass is 35.5. The fraction of sp³-hybridized carbons (Fsp3) is 0.292. The van der Waals surface area contributed by atoms with Gasteiger partial charge in [-0.1, -0.05) is 43.6 Å². The summed E-state index contributed by atoms with van der Waals surface area (Å²) in [7, 11) is 1.55. The fourth-order valence-electron chi connectivity index (χ4n) is 3.66. The molecule has 1 aromatic heterocycles. The van der Waals surface area contributed by atoms with Crippen molar-refractivity contribution in [2.24, 2.45) is 5.92 Å². The van der Waals surface area contributed by atoms with Crippen molar-refractivity contribution in [3.8, 4) is 0 Å². The van der Waals surface area contributed by atoms with Crippen molar-refractivity contribution in [1.29, 1.82) is 0 Å². The third-order valence-electron chi connectivity index (χ3n) is 5.44. The smallest absolute Gasteiger partial charge is 0.259 e. The summed E-state index contributed by atoms with van der Waals surface area (Å²) in [5.41, 5.74) is 1.12. The monoisotopic (exact) mass is 439 g/mol. The molecule has 162 valence electrons. The quantitative estimate of drug-likeness (QED) is 0.599. The summed E-state index contributed by atoms with van der Waals surface area (Å²) in [6.07, 6.45) is 1.61. The van der Waals surface area contributed by atoms with Crippen LogP contribution in [0.25, 0.3) is 10.8 Å². The van der Waals surface area contributed by atoms with Gasteiger partial charge in [-0.05, 0) is 48.7 Å². The minimum atomic E-state index is -0.620. The van der Waals surface area contributed by atoms with Gasteiger partial charge < -0.3 is 15.2 Å². The second kappa shape index (κ2) is 9.35. The number of amides is 2. The van der Waals surface area contributed by atoms with Crippen LogP contribution in [-0.2, 0) is 9.59 Å². The number of hydrogen-bond donors (Lipinski definition) is 2. The third kappa shape index (κ3) is 4.64. The van der Waals surface area contributed by atoms with E-state index in [9.17, 15) is 14.4 Å². The molecule has 0 aliphatic rings. The molecule has 0 saturated carbocycles. The number of nitrogens with one attached hydrogen (secondary N) is 2. The Morgan fingerprint density at radius 2 is 1.61 bits per heavy atom. The topological polar surface area (TPSA) is 80.2 Å². The highest BCUT2D eigenvalue weighted by Gasteiger charge is 2.25. The molecule has 3 rings (SSSR count). The maximum atomic E-state index is 13.2. The van der Waals surface area contributed by atoms with Crippen molar-refractivity contribution in [1.82, 2.24) is 9.88 Å². The number of anilines is 1. The molecule has 0 saturated heterocycles. The zero-order valence-corrected chi connectivity index (χ0v) is 18.7. The van der Waals surface area contributed by atoms with Crippen LogP contribution in [0.5, 0.6) is 0 Å². The number of likely N-dealkylation sites (N-methyl/N-ethyl adjacent to an activating group) is 1. The average molecular weight is 440 g/mol. The van der Waals surface area contributed by atoms with Crippen molar-refractivity contribution >= 4 is 39.9 Å². The van der Waals surface area contributed by atoms with Crippen LogP contribution in [-0.4, -0.2) is 23.4 Å². The molecule has 2 atom stereocenters. The zero-order chi connectivity index (χ0) is 22.7. The van der Waals surface area contributed by atoms with Gasteiger partial charge in [-0.2, -0.15) is 0 Å². The van der Waals surface area contributed by atoms with Gasteiger partial charge in [0.2, 0.25) is 11.8 Å². The van der Waals surface area contributed by atoms with Gasteiger partial charge in [-0.15, -0.1) is 0 Å². The lowest BCUT2D eigenvalue weighted by atomic mass is 10.00. The van der Waals surface area contributed by atoms with E-state index in [2.05, 4.69) is 10.6 Å². The Bertz CT molecular complexity index is 1170. The van der Waals surface area contributed by atoms with E-state index in [0.717, 1.165) is 5.56 Å². The van der Waals surface area contributed by atoms with E-state index in [4.69, 9.17) is 11.6 Å². The minimum Gasteiger partial charge on any atom is -0.357 e. The number of rotatable bonds is 6. The van der Waals surface area contributed by atoms with Gasteiger partial charge in [0.1, 0.15) is 6.04 Å². The lowest BCUT2D eigenvalue weighted by Gasteiger charge is -2.22. The third-order valence-corrected chi connectivity index (χ3v) is 5.69. The van der Waals surface area contributed by atoms with Crippen LogP contribution < -0.4 is 16.2 Å². The highest BCUT2D eigenvalue weighted by Crippen LogP contribution is 2.26. The number of pyridine rings is 1. The lowest BCUT2D eigenvalue weighted by Crippen LogP contribution is -2.38. The van der Waals surface area contributed by atoms with E-state index < -0.39 is 12.0 Å². The van der Waals surface area contributed by atoms with Crippen LogP contribution in [0.2, 0.25) is 5.02 Å². The van der Waals surface area contributed by atoms with Crippen LogP contribution in [0.4, 0.5) is 5.69 Å². The van der Waals surface area contributed by atoms with Crippen molar-refractivity contribution in [2.75, 3.05) is 12.4 Å². The number of benzene rings is 2. The summed E-state index contributed by atoms with van der Waals surface area (Å²) in [6.45, 7) is 5.60. The first-order chi connectivity index (χ1) is 14.7. The summed E-state index contributed by atoms with van der Waals surface area (Å²) >= 11 is 5.93. The van der Waals surface area contributed by atoms with E-state index in [1.54, 1.807) is 49.6 Å². The molecule has 31 heavy (non-hydrogen) atoms. The van der Waals surface area contributed by atoms with Crippen molar-refractivity contribution in [2.45, 2.75) is 32.7 Å². The van der Waals surface area contributed by atoms with Gasteiger partial charge in [-0.25, -0.2) is 0 Å². The molecule has 0 aliphatic heterocycles. The maximum absolute atomic E-state index is 13.2. The molecule has 7 heteroatoms. The first-order valence-corrected chi connectivity index (χ1v) is 10.5.